The molecule has 0 aliphatic carbocycles. The van der Waals surface area contributed by atoms with Crippen molar-refractivity contribution in [3.8, 4) is 11.5 Å². The first-order valence-corrected chi connectivity index (χ1v) is 10.4. The first kappa shape index (κ1) is 20.5. The molecule has 0 fully saturated rings. The fourth-order valence-corrected chi connectivity index (χ4v) is 3.49. The second-order valence-corrected chi connectivity index (χ2v) is 6.93. The fraction of sp³-hybridized carbons (Fsp3) is 0.200. The van der Waals surface area contributed by atoms with Crippen LogP contribution in [0.3, 0.4) is 0 Å². The highest BCUT2D eigenvalue weighted by Crippen LogP contribution is 2.30. The second kappa shape index (κ2) is 9.34. The van der Waals surface area contributed by atoms with Gasteiger partial charge in [-0.3, -0.25) is 4.79 Å². The number of ether oxygens (including phenoxy) is 2. The monoisotopic (exact) mass is 415 g/mol. The van der Waals surface area contributed by atoms with Gasteiger partial charge in [-0.25, -0.2) is 4.98 Å². The number of anilines is 1. The van der Waals surface area contributed by atoms with E-state index in [9.17, 15) is 4.79 Å². The van der Waals surface area contributed by atoms with Crippen molar-refractivity contribution >= 4 is 17.2 Å². The van der Waals surface area contributed by atoms with Crippen molar-refractivity contribution in [3.63, 3.8) is 0 Å². The number of fused-ring (bicyclic) bond motifs is 1. The van der Waals surface area contributed by atoms with E-state index in [0.717, 1.165) is 17.0 Å². The largest absolute Gasteiger partial charge is 0.490 e. The van der Waals surface area contributed by atoms with Gasteiger partial charge in [0.25, 0.3) is 5.91 Å². The lowest BCUT2D eigenvalue weighted by atomic mass is 10.1. The van der Waals surface area contributed by atoms with Crippen LogP contribution in [0.5, 0.6) is 11.5 Å². The van der Waals surface area contributed by atoms with Crippen LogP contribution in [-0.2, 0) is 6.54 Å². The van der Waals surface area contributed by atoms with Crippen LogP contribution < -0.4 is 14.4 Å². The Morgan fingerprint density at radius 3 is 2.45 bits per heavy atom. The van der Waals surface area contributed by atoms with Gasteiger partial charge in [-0.15, -0.1) is 0 Å². The van der Waals surface area contributed by atoms with E-state index in [2.05, 4.69) is 4.98 Å². The first-order valence-electron chi connectivity index (χ1n) is 10.4. The number of amides is 1. The summed E-state index contributed by atoms with van der Waals surface area (Å²) in [6.45, 7) is 5.22. The van der Waals surface area contributed by atoms with Crippen molar-refractivity contribution in [1.29, 1.82) is 0 Å². The number of rotatable bonds is 8. The minimum Gasteiger partial charge on any atom is -0.490 e. The third-order valence-electron chi connectivity index (χ3n) is 4.92. The number of carbonyl (C=O) groups is 1. The van der Waals surface area contributed by atoms with Gasteiger partial charge >= 0.3 is 0 Å². The summed E-state index contributed by atoms with van der Waals surface area (Å²) in [5.74, 6) is 1.08. The summed E-state index contributed by atoms with van der Waals surface area (Å²) >= 11 is 0. The van der Waals surface area contributed by atoms with Crippen LogP contribution in [0.15, 0.2) is 79.1 Å². The Hall–Kier alpha value is -3.80. The lowest BCUT2D eigenvalue weighted by molar-refractivity contribution is 0.0984. The molecular formula is C25H25N3O3. The van der Waals surface area contributed by atoms with Crippen molar-refractivity contribution in [2.24, 2.45) is 0 Å². The zero-order valence-corrected chi connectivity index (χ0v) is 17.7. The van der Waals surface area contributed by atoms with Gasteiger partial charge < -0.3 is 18.8 Å². The number of pyridine rings is 1. The maximum Gasteiger partial charge on any atom is 0.258 e. The molecule has 0 radical (unpaired) electrons. The molecule has 0 bridgehead atoms. The highest BCUT2D eigenvalue weighted by Gasteiger charge is 2.21. The van der Waals surface area contributed by atoms with Crippen molar-refractivity contribution in [3.05, 3.63) is 90.4 Å². The number of hydrogen-bond donors (Lipinski definition) is 0. The zero-order valence-electron chi connectivity index (χ0n) is 17.7. The quantitative estimate of drug-likeness (QED) is 0.407. The van der Waals surface area contributed by atoms with Gasteiger partial charge in [0, 0.05) is 17.4 Å². The lowest BCUT2D eigenvalue weighted by Gasteiger charge is -2.23. The normalized spacial score (nSPS) is 10.8. The van der Waals surface area contributed by atoms with Gasteiger partial charge in [-0.05, 0) is 56.3 Å². The maximum absolute atomic E-state index is 13.6. The fourth-order valence-electron chi connectivity index (χ4n) is 3.49. The molecule has 2 aromatic heterocycles. The molecule has 4 rings (SSSR count). The molecule has 2 heterocycles. The average molecular weight is 415 g/mol. The first-order chi connectivity index (χ1) is 15.2. The molecule has 0 saturated carbocycles. The molecule has 6 nitrogen and oxygen atoms in total. The highest BCUT2D eigenvalue weighted by atomic mass is 16.5. The number of carbonyl (C=O) groups excluding carboxylic acids is 1. The van der Waals surface area contributed by atoms with Gasteiger partial charge in [0.1, 0.15) is 5.65 Å². The molecule has 0 saturated heterocycles. The maximum atomic E-state index is 13.6. The number of benzene rings is 2. The smallest absolute Gasteiger partial charge is 0.258 e. The molecule has 0 aliphatic rings. The van der Waals surface area contributed by atoms with Gasteiger partial charge in [0.15, 0.2) is 11.5 Å². The summed E-state index contributed by atoms with van der Waals surface area (Å²) in [7, 11) is 0. The SMILES string of the molecule is CCOc1ccc(C(=O)N(Cc2cnc3ccccn23)c2ccccc2)cc1OCC. The Bertz CT molecular complexity index is 1170. The Labute approximate surface area is 181 Å². The number of para-hydroxylation sites is 1. The summed E-state index contributed by atoms with van der Waals surface area (Å²) in [4.78, 5) is 19.8. The third kappa shape index (κ3) is 4.38. The van der Waals surface area contributed by atoms with Crippen molar-refractivity contribution < 1.29 is 14.3 Å². The topological polar surface area (TPSA) is 56.1 Å². The number of hydrogen-bond acceptors (Lipinski definition) is 4. The van der Waals surface area contributed by atoms with E-state index in [1.54, 1.807) is 23.1 Å². The number of aromatic nitrogens is 2. The molecule has 0 atom stereocenters. The predicted molar refractivity (Wildman–Crippen MR) is 121 cm³/mol. The van der Waals surface area contributed by atoms with E-state index in [-0.39, 0.29) is 5.91 Å². The van der Waals surface area contributed by atoms with Crippen LogP contribution in [0, 0.1) is 0 Å². The van der Waals surface area contributed by atoms with E-state index in [4.69, 9.17) is 9.47 Å². The zero-order chi connectivity index (χ0) is 21.6. The lowest BCUT2D eigenvalue weighted by Crippen LogP contribution is -2.31. The van der Waals surface area contributed by atoms with E-state index >= 15 is 0 Å². The molecule has 31 heavy (non-hydrogen) atoms. The van der Waals surface area contributed by atoms with Crippen LogP contribution in [0.4, 0.5) is 5.69 Å². The minimum absolute atomic E-state index is 0.124. The van der Waals surface area contributed by atoms with Gasteiger partial charge in [0.2, 0.25) is 0 Å². The summed E-state index contributed by atoms with van der Waals surface area (Å²) < 4.78 is 13.4. The molecule has 4 aromatic rings. The molecule has 2 aromatic carbocycles. The molecule has 0 spiro atoms. The second-order valence-electron chi connectivity index (χ2n) is 6.93. The van der Waals surface area contributed by atoms with Crippen LogP contribution in [-0.4, -0.2) is 28.5 Å². The molecule has 0 unspecified atom stereocenters. The van der Waals surface area contributed by atoms with E-state index < -0.39 is 0 Å². The number of nitrogens with zero attached hydrogens (tertiary/aromatic N) is 3. The van der Waals surface area contributed by atoms with Crippen LogP contribution in [0.25, 0.3) is 5.65 Å². The Balaban J connectivity index is 1.72. The third-order valence-corrected chi connectivity index (χ3v) is 4.92. The standard InChI is InChI=1S/C25H25N3O3/c1-3-30-22-14-13-19(16-23(22)31-4-2)25(29)28(20-10-6-5-7-11-20)18-21-17-26-24-12-8-9-15-27(21)24/h5-17H,3-4,18H2,1-2H3. The number of imidazole rings is 1. The van der Waals surface area contributed by atoms with Crippen molar-refractivity contribution in [2.45, 2.75) is 20.4 Å². The Morgan fingerprint density at radius 2 is 1.68 bits per heavy atom. The Kier molecular flexibility index (Phi) is 6.17. The van der Waals surface area contributed by atoms with Crippen LogP contribution >= 0.6 is 0 Å². The van der Waals surface area contributed by atoms with Crippen molar-refractivity contribution in [1.82, 2.24) is 9.38 Å². The molecular weight excluding hydrogens is 390 g/mol. The van der Waals surface area contributed by atoms with Gasteiger partial charge in [0.05, 0.1) is 31.6 Å². The minimum atomic E-state index is -0.124. The summed E-state index contributed by atoms with van der Waals surface area (Å²) in [5, 5.41) is 0. The average Bonchev–Trinajstić information content (AvgIpc) is 3.22. The summed E-state index contributed by atoms with van der Waals surface area (Å²) in [6.07, 6.45) is 3.76. The van der Waals surface area contributed by atoms with Crippen molar-refractivity contribution in [2.75, 3.05) is 18.1 Å². The van der Waals surface area contributed by atoms with Crippen LogP contribution in [0.2, 0.25) is 0 Å². The summed E-state index contributed by atoms with van der Waals surface area (Å²) in [6, 6.07) is 20.8. The molecule has 1 amide bonds. The van der Waals surface area contributed by atoms with E-state index in [1.165, 1.54) is 0 Å². The van der Waals surface area contributed by atoms with Crippen LogP contribution in [0.1, 0.15) is 29.9 Å². The Morgan fingerprint density at radius 1 is 0.935 bits per heavy atom. The molecule has 0 N–H and O–H groups in total. The predicted octanol–water partition coefficient (Wildman–Crippen LogP) is 4.98. The molecule has 6 heteroatoms. The molecule has 0 aliphatic heterocycles. The summed E-state index contributed by atoms with van der Waals surface area (Å²) in [5.41, 5.74) is 3.11. The van der Waals surface area contributed by atoms with Gasteiger partial charge in [-0.2, -0.15) is 0 Å². The van der Waals surface area contributed by atoms with E-state index in [0.29, 0.717) is 36.8 Å². The van der Waals surface area contributed by atoms with E-state index in [1.807, 2.05) is 79.2 Å². The van der Waals surface area contributed by atoms with Gasteiger partial charge in [-0.1, -0.05) is 24.3 Å². The highest BCUT2D eigenvalue weighted by molar-refractivity contribution is 6.06. The molecule has 158 valence electrons.